The molecule has 0 radical (unpaired) electrons. The largest absolute Gasteiger partial charge is 0.326 e. The molecule has 0 saturated carbocycles. The molecule has 7 heteroatoms. The highest BCUT2D eigenvalue weighted by atomic mass is 35.5. The Hall–Kier alpha value is -0.920. The Labute approximate surface area is 135 Å². The van der Waals surface area contributed by atoms with E-state index in [0.717, 1.165) is 5.56 Å². The lowest BCUT2D eigenvalue weighted by Crippen LogP contribution is -2.31. The lowest BCUT2D eigenvalue weighted by Gasteiger charge is -2.15. The number of thiophene rings is 1. The Balaban J connectivity index is 0.00000161. The highest BCUT2D eigenvalue weighted by Gasteiger charge is 2.38. The second-order valence-electron chi connectivity index (χ2n) is 4.94. The maximum atomic E-state index is 12.5. The number of benzene rings is 1. The first-order chi connectivity index (χ1) is 9.59. The van der Waals surface area contributed by atoms with Gasteiger partial charge >= 0.3 is 0 Å². The van der Waals surface area contributed by atoms with Gasteiger partial charge in [-0.05, 0) is 17.0 Å². The third kappa shape index (κ3) is 3.14. The van der Waals surface area contributed by atoms with Crippen molar-refractivity contribution in [1.82, 2.24) is 4.31 Å². The molecule has 0 aliphatic carbocycles. The molecule has 21 heavy (non-hydrogen) atoms. The van der Waals surface area contributed by atoms with Crippen molar-refractivity contribution in [2.75, 3.05) is 13.1 Å². The van der Waals surface area contributed by atoms with Crippen molar-refractivity contribution >= 4 is 33.8 Å². The fraction of sp³-hybridized carbons (Fsp3) is 0.286. The maximum Gasteiger partial charge on any atom is 0.252 e. The standard InChI is InChI=1S/C14H16N2O2S2.ClH/c15-13-10-16(20(17,18)14-7-4-8-19-14)9-12(13)11-5-2-1-3-6-11;/h1-8,12-13H,9-10,15H2;1H/t12-,13+;/m0./s1. The Morgan fingerprint density at radius 1 is 1.10 bits per heavy atom. The number of halogens is 1. The molecule has 1 saturated heterocycles. The third-order valence-electron chi connectivity index (χ3n) is 3.65. The van der Waals surface area contributed by atoms with Crippen molar-refractivity contribution in [3.05, 3.63) is 53.4 Å². The van der Waals surface area contributed by atoms with Gasteiger partial charge < -0.3 is 5.73 Å². The zero-order valence-corrected chi connectivity index (χ0v) is 13.7. The van der Waals surface area contributed by atoms with E-state index in [4.69, 9.17) is 5.73 Å². The van der Waals surface area contributed by atoms with Gasteiger partial charge in [-0.3, -0.25) is 0 Å². The summed E-state index contributed by atoms with van der Waals surface area (Å²) in [5.74, 6) is 0.0611. The molecular formula is C14H17ClN2O2S2. The lowest BCUT2D eigenvalue weighted by molar-refractivity contribution is 0.472. The van der Waals surface area contributed by atoms with E-state index < -0.39 is 10.0 Å². The van der Waals surface area contributed by atoms with Crippen molar-refractivity contribution in [3.8, 4) is 0 Å². The van der Waals surface area contributed by atoms with Crippen LogP contribution in [0.15, 0.2) is 52.1 Å². The zero-order valence-electron chi connectivity index (χ0n) is 11.3. The van der Waals surface area contributed by atoms with E-state index >= 15 is 0 Å². The van der Waals surface area contributed by atoms with E-state index in [-0.39, 0.29) is 24.4 Å². The normalized spacial score (nSPS) is 22.9. The van der Waals surface area contributed by atoms with Gasteiger partial charge in [-0.15, -0.1) is 23.7 Å². The monoisotopic (exact) mass is 344 g/mol. The van der Waals surface area contributed by atoms with E-state index in [0.29, 0.717) is 17.3 Å². The topological polar surface area (TPSA) is 63.4 Å². The van der Waals surface area contributed by atoms with Gasteiger partial charge in [-0.25, -0.2) is 8.42 Å². The second kappa shape index (κ2) is 6.46. The van der Waals surface area contributed by atoms with Crippen LogP contribution in [0.2, 0.25) is 0 Å². The molecule has 1 aliphatic heterocycles. The molecule has 2 atom stereocenters. The molecule has 2 aromatic rings. The summed E-state index contributed by atoms with van der Waals surface area (Å²) in [7, 11) is -3.40. The van der Waals surface area contributed by atoms with Gasteiger partial charge in [0.25, 0.3) is 10.0 Å². The van der Waals surface area contributed by atoms with E-state index in [1.807, 2.05) is 30.3 Å². The Bertz CT molecular complexity index is 674. The van der Waals surface area contributed by atoms with Crippen LogP contribution in [0.1, 0.15) is 11.5 Å². The van der Waals surface area contributed by atoms with Gasteiger partial charge in [0.1, 0.15) is 4.21 Å². The maximum absolute atomic E-state index is 12.5. The highest BCUT2D eigenvalue weighted by Crippen LogP contribution is 2.31. The van der Waals surface area contributed by atoms with Crippen LogP contribution in [-0.4, -0.2) is 31.9 Å². The van der Waals surface area contributed by atoms with Crippen molar-refractivity contribution < 1.29 is 8.42 Å². The molecule has 1 aliphatic rings. The summed E-state index contributed by atoms with van der Waals surface area (Å²) < 4.78 is 26.9. The molecule has 1 aromatic carbocycles. The van der Waals surface area contributed by atoms with Gasteiger partial charge in [-0.1, -0.05) is 36.4 Å². The second-order valence-corrected chi connectivity index (χ2v) is 8.05. The van der Waals surface area contributed by atoms with Gasteiger partial charge in [0.15, 0.2) is 0 Å². The predicted octanol–water partition coefficient (Wildman–Crippen LogP) is 2.29. The Kier molecular flexibility index (Phi) is 5.06. The Morgan fingerprint density at radius 2 is 1.81 bits per heavy atom. The minimum absolute atomic E-state index is 0. The van der Waals surface area contributed by atoms with Crippen LogP contribution in [0.5, 0.6) is 0 Å². The first-order valence-electron chi connectivity index (χ1n) is 6.43. The summed E-state index contributed by atoms with van der Waals surface area (Å²) in [6.45, 7) is 0.825. The Morgan fingerprint density at radius 3 is 2.43 bits per heavy atom. The van der Waals surface area contributed by atoms with E-state index in [1.54, 1.807) is 17.5 Å². The average molecular weight is 345 g/mol. The first kappa shape index (κ1) is 16.5. The molecule has 4 nitrogen and oxygen atoms in total. The molecule has 114 valence electrons. The molecular weight excluding hydrogens is 328 g/mol. The summed E-state index contributed by atoms with van der Waals surface area (Å²) in [6, 6.07) is 13.1. The lowest BCUT2D eigenvalue weighted by atomic mass is 9.95. The summed E-state index contributed by atoms with van der Waals surface area (Å²) >= 11 is 1.24. The number of nitrogens with zero attached hydrogens (tertiary/aromatic N) is 1. The average Bonchev–Trinajstić information content (AvgIpc) is 3.09. The van der Waals surface area contributed by atoms with E-state index in [1.165, 1.54) is 15.6 Å². The summed E-state index contributed by atoms with van der Waals surface area (Å²) in [6.07, 6.45) is 0. The van der Waals surface area contributed by atoms with Gasteiger partial charge in [-0.2, -0.15) is 4.31 Å². The quantitative estimate of drug-likeness (QED) is 0.929. The first-order valence-corrected chi connectivity index (χ1v) is 8.75. The molecule has 2 N–H and O–H groups in total. The van der Waals surface area contributed by atoms with Crippen LogP contribution < -0.4 is 5.73 Å². The molecule has 0 unspecified atom stereocenters. The van der Waals surface area contributed by atoms with Crippen LogP contribution in [0.3, 0.4) is 0 Å². The van der Waals surface area contributed by atoms with Crippen LogP contribution in [0.4, 0.5) is 0 Å². The minimum Gasteiger partial charge on any atom is -0.326 e. The summed E-state index contributed by atoms with van der Waals surface area (Å²) in [5.41, 5.74) is 7.25. The van der Waals surface area contributed by atoms with Crippen LogP contribution in [0, 0.1) is 0 Å². The smallest absolute Gasteiger partial charge is 0.252 e. The van der Waals surface area contributed by atoms with Crippen LogP contribution >= 0.6 is 23.7 Å². The number of rotatable bonds is 3. The zero-order chi connectivity index (χ0) is 14.2. The minimum atomic E-state index is -3.40. The third-order valence-corrected chi connectivity index (χ3v) is 6.85. The molecule has 0 spiro atoms. The number of sulfonamides is 1. The fourth-order valence-corrected chi connectivity index (χ4v) is 5.23. The van der Waals surface area contributed by atoms with E-state index in [2.05, 4.69) is 0 Å². The van der Waals surface area contributed by atoms with Crippen molar-refractivity contribution in [3.63, 3.8) is 0 Å². The fourth-order valence-electron chi connectivity index (χ4n) is 2.58. The van der Waals surface area contributed by atoms with Crippen LogP contribution in [-0.2, 0) is 10.0 Å². The molecule has 3 rings (SSSR count). The molecule has 0 amide bonds. The molecule has 0 bridgehead atoms. The molecule has 1 aromatic heterocycles. The summed E-state index contributed by atoms with van der Waals surface area (Å²) in [5, 5.41) is 1.78. The van der Waals surface area contributed by atoms with Gasteiger partial charge in [0.05, 0.1) is 0 Å². The highest BCUT2D eigenvalue weighted by molar-refractivity contribution is 7.91. The SMILES string of the molecule is Cl.N[C@@H]1CN(S(=O)(=O)c2cccs2)C[C@H]1c1ccccc1. The predicted molar refractivity (Wildman–Crippen MR) is 87.5 cm³/mol. The summed E-state index contributed by atoms with van der Waals surface area (Å²) in [4.78, 5) is 0. The van der Waals surface area contributed by atoms with Crippen molar-refractivity contribution in [1.29, 1.82) is 0 Å². The van der Waals surface area contributed by atoms with Gasteiger partial charge in [0.2, 0.25) is 0 Å². The van der Waals surface area contributed by atoms with Crippen molar-refractivity contribution in [2.24, 2.45) is 5.73 Å². The van der Waals surface area contributed by atoms with E-state index in [9.17, 15) is 8.42 Å². The van der Waals surface area contributed by atoms with Crippen molar-refractivity contribution in [2.45, 2.75) is 16.2 Å². The number of nitrogens with two attached hydrogens (primary N) is 1. The van der Waals surface area contributed by atoms with Crippen LogP contribution in [0.25, 0.3) is 0 Å². The molecule has 1 fully saturated rings. The number of hydrogen-bond acceptors (Lipinski definition) is 4. The van der Waals surface area contributed by atoms with Gasteiger partial charge in [0, 0.05) is 25.0 Å². The number of hydrogen-bond donors (Lipinski definition) is 1. The molecule has 2 heterocycles.